The van der Waals surface area contributed by atoms with E-state index >= 15 is 0 Å². The number of carbonyl (C=O) groups excluding carboxylic acids is 1. The van der Waals surface area contributed by atoms with E-state index in [9.17, 15) is 9.90 Å². The summed E-state index contributed by atoms with van der Waals surface area (Å²) in [5.74, 6) is -1.15. The van der Waals surface area contributed by atoms with E-state index in [2.05, 4.69) is 15.9 Å². The van der Waals surface area contributed by atoms with Crippen molar-refractivity contribution in [2.75, 3.05) is 5.33 Å². The van der Waals surface area contributed by atoms with E-state index in [0.29, 0.717) is 5.33 Å². The summed E-state index contributed by atoms with van der Waals surface area (Å²) in [5.41, 5.74) is 0. The molecule has 0 amide bonds. The van der Waals surface area contributed by atoms with Crippen LogP contribution in [0.1, 0.15) is 0 Å². The van der Waals surface area contributed by atoms with Crippen LogP contribution in [0, 0.1) is 0 Å². The Morgan fingerprint density at radius 2 is 2.25 bits per heavy atom. The summed E-state index contributed by atoms with van der Waals surface area (Å²) in [4.78, 5) is 9.54. The van der Waals surface area contributed by atoms with E-state index in [1.54, 1.807) is 0 Å². The van der Waals surface area contributed by atoms with Gasteiger partial charge < -0.3 is 9.90 Å². The molecule has 0 unspecified atom stereocenters. The maximum Gasteiger partial charge on any atom is 1.00 e. The van der Waals surface area contributed by atoms with Crippen molar-refractivity contribution in [1.29, 1.82) is 0 Å². The van der Waals surface area contributed by atoms with E-state index in [1.165, 1.54) is 6.08 Å². The molecule has 40 valence electrons. The van der Waals surface area contributed by atoms with E-state index in [0.717, 1.165) is 6.08 Å². The van der Waals surface area contributed by atoms with Gasteiger partial charge in [0.2, 0.25) is 0 Å². The largest absolute Gasteiger partial charge is 1.00 e. The molecule has 0 saturated carbocycles. The molecule has 0 aliphatic heterocycles. The van der Waals surface area contributed by atoms with E-state index in [4.69, 9.17) is 0 Å². The Hall–Kier alpha value is 0.287. The second-order valence-electron chi connectivity index (χ2n) is 0.876. The summed E-state index contributed by atoms with van der Waals surface area (Å²) in [6.07, 6.45) is 2.43. The summed E-state index contributed by atoms with van der Waals surface area (Å²) in [5, 5.41) is 10.1. The van der Waals surface area contributed by atoms with Crippen molar-refractivity contribution in [2.45, 2.75) is 0 Å². The Balaban J connectivity index is 0. The fourth-order valence-electron chi connectivity index (χ4n) is 0.141. The molecule has 0 atom stereocenters. The third-order valence-corrected chi connectivity index (χ3v) is 0.717. The van der Waals surface area contributed by atoms with Gasteiger partial charge in [-0.05, 0) is 6.08 Å². The van der Waals surface area contributed by atoms with Crippen molar-refractivity contribution < 1.29 is 28.8 Å². The first-order valence-corrected chi connectivity index (χ1v) is 2.83. The minimum absolute atomic E-state index is 0. The van der Waals surface area contributed by atoms with Crippen molar-refractivity contribution in [3.63, 3.8) is 0 Å². The van der Waals surface area contributed by atoms with Crippen LogP contribution in [0.15, 0.2) is 12.2 Å². The number of allylic oxidation sites excluding steroid dienone is 1. The normalized spacial score (nSPS) is 8.62. The van der Waals surface area contributed by atoms with Gasteiger partial charge in [0.25, 0.3) is 0 Å². The first kappa shape index (κ1) is 11.1. The minimum Gasteiger partial charge on any atom is -0.545 e. The van der Waals surface area contributed by atoms with Gasteiger partial charge in [0.15, 0.2) is 0 Å². The molecule has 4 heteroatoms. The van der Waals surface area contributed by atoms with Crippen LogP contribution < -0.4 is 24.0 Å². The second kappa shape index (κ2) is 7.29. The van der Waals surface area contributed by atoms with E-state index in [-0.39, 0.29) is 18.9 Å². The number of halogens is 1. The van der Waals surface area contributed by atoms with Crippen LogP contribution >= 0.6 is 15.9 Å². The average molecular weight is 171 g/mol. The summed E-state index contributed by atoms with van der Waals surface area (Å²) < 4.78 is 0. The fourth-order valence-corrected chi connectivity index (χ4v) is 0.328. The van der Waals surface area contributed by atoms with Gasteiger partial charge in [0, 0.05) is 5.33 Å². The zero-order chi connectivity index (χ0) is 5.70. The van der Waals surface area contributed by atoms with Crippen LogP contribution in [0.25, 0.3) is 0 Å². The number of carboxylic acids is 1. The quantitative estimate of drug-likeness (QED) is 0.248. The van der Waals surface area contributed by atoms with Crippen LogP contribution in [0.4, 0.5) is 0 Å². The molecule has 0 spiro atoms. The van der Waals surface area contributed by atoms with Crippen LogP contribution in [0.5, 0.6) is 0 Å². The van der Waals surface area contributed by atoms with E-state index in [1.807, 2.05) is 0 Å². The van der Waals surface area contributed by atoms with Gasteiger partial charge in [0.05, 0.1) is 5.97 Å². The number of aliphatic carboxylic acids is 1. The van der Waals surface area contributed by atoms with Gasteiger partial charge >= 0.3 is 18.9 Å². The summed E-state index contributed by atoms with van der Waals surface area (Å²) in [6, 6.07) is 0. The van der Waals surface area contributed by atoms with Gasteiger partial charge in [-0.15, -0.1) is 0 Å². The molecule has 0 N–H and O–H groups in total. The maximum absolute atomic E-state index is 9.54. The Morgan fingerprint density at radius 3 is 2.38 bits per heavy atom. The molecule has 0 fully saturated rings. The first-order chi connectivity index (χ1) is 3.27. The molecule has 0 aromatic rings. The molecule has 0 radical (unpaired) electrons. The minimum atomic E-state index is -1.15. The molecule has 2 nitrogen and oxygen atoms in total. The Labute approximate surface area is 68.3 Å². The molecule has 0 aromatic heterocycles. The SMILES string of the molecule is O=C([O-])/C=C/CBr.[Li+]. The number of carbonyl (C=O) groups is 1. The Morgan fingerprint density at radius 1 is 1.75 bits per heavy atom. The Kier molecular flexibility index (Phi) is 10.1. The predicted molar refractivity (Wildman–Crippen MR) is 27.9 cm³/mol. The number of hydrogen-bond acceptors (Lipinski definition) is 2. The maximum atomic E-state index is 9.54. The zero-order valence-corrected chi connectivity index (χ0v) is 6.14. The molecule has 0 aromatic carbocycles. The first-order valence-electron chi connectivity index (χ1n) is 1.71. The van der Waals surface area contributed by atoms with Crippen molar-refractivity contribution in [2.24, 2.45) is 0 Å². The Bertz CT molecular complexity index is 92.0. The number of rotatable bonds is 2. The van der Waals surface area contributed by atoms with Crippen molar-refractivity contribution >= 4 is 21.9 Å². The van der Waals surface area contributed by atoms with Crippen LogP contribution in [-0.4, -0.2) is 11.3 Å². The van der Waals surface area contributed by atoms with Crippen molar-refractivity contribution in [1.82, 2.24) is 0 Å². The van der Waals surface area contributed by atoms with Gasteiger partial charge in [-0.1, -0.05) is 22.0 Å². The number of alkyl halides is 1. The molecule has 0 aliphatic carbocycles. The van der Waals surface area contributed by atoms with Crippen LogP contribution in [0.2, 0.25) is 0 Å². The van der Waals surface area contributed by atoms with Gasteiger partial charge in [0.1, 0.15) is 0 Å². The summed E-state index contributed by atoms with van der Waals surface area (Å²) >= 11 is 3.00. The number of carboxylic acid groups (broad SMARTS) is 1. The van der Waals surface area contributed by atoms with Crippen LogP contribution in [0.3, 0.4) is 0 Å². The fraction of sp³-hybridized carbons (Fsp3) is 0.250. The third-order valence-electron chi connectivity index (χ3n) is 0.343. The molecule has 0 heterocycles. The smallest absolute Gasteiger partial charge is 0.545 e. The van der Waals surface area contributed by atoms with Gasteiger partial charge in [-0.3, -0.25) is 0 Å². The van der Waals surface area contributed by atoms with E-state index < -0.39 is 5.97 Å². The summed E-state index contributed by atoms with van der Waals surface area (Å²) in [6.45, 7) is 0. The molecule has 0 aliphatic rings. The second-order valence-corrected chi connectivity index (χ2v) is 1.52. The molecule has 0 rings (SSSR count). The number of hydrogen-bond donors (Lipinski definition) is 0. The summed E-state index contributed by atoms with van der Waals surface area (Å²) in [7, 11) is 0. The average Bonchev–Trinajstić information content (AvgIpc) is 1.61. The molecule has 0 bridgehead atoms. The van der Waals surface area contributed by atoms with Crippen LogP contribution in [-0.2, 0) is 4.79 Å². The van der Waals surface area contributed by atoms with Crippen molar-refractivity contribution in [3.05, 3.63) is 12.2 Å². The zero-order valence-electron chi connectivity index (χ0n) is 4.56. The predicted octanol–water partition coefficient (Wildman–Crippen LogP) is -3.31. The molecule has 8 heavy (non-hydrogen) atoms. The molecule has 0 saturated heterocycles. The standard InChI is InChI=1S/C4H5BrO2.Li/c5-3-1-2-4(6)7;/h1-2H,3H2,(H,6,7);/q;+1/p-1/b2-1+;. The van der Waals surface area contributed by atoms with Gasteiger partial charge in [-0.25, -0.2) is 0 Å². The molecular weight excluding hydrogens is 167 g/mol. The third kappa shape index (κ3) is 9.56. The van der Waals surface area contributed by atoms with Gasteiger partial charge in [-0.2, -0.15) is 0 Å². The topological polar surface area (TPSA) is 40.1 Å². The monoisotopic (exact) mass is 170 g/mol. The van der Waals surface area contributed by atoms with Crippen molar-refractivity contribution in [3.8, 4) is 0 Å². The molecular formula is C4H4BrLiO2.